The average Bonchev–Trinajstić information content (AvgIpc) is 3.51. The van der Waals surface area contributed by atoms with E-state index in [0.29, 0.717) is 0 Å². The Bertz CT molecular complexity index is 2860. The Kier molecular flexibility index (Phi) is 8.53. The molecule has 0 spiro atoms. The summed E-state index contributed by atoms with van der Waals surface area (Å²) in [5.74, 6) is 0. The molecule has 0 heterocycles. The van der Waals surface area contributed by atoms with Gasteiger partial charge in [-0.2, -0.15) is 0 Å². The SMILES string of the molecule is CC1(C)c2ccccc2-c2c(N(c3ccc(-c4ccccc4)cc3)c3cccc(N(c4ccccc4)c4cc5ccccc5cc4-c4ccccc4)c3)cccc21. The van der Waals surface area contributed by atoms with E-state index in [1.807, 2.05) is 0 Å². The molecule has 57 heavy (non-hydrogen) atoms. The van der Waals surface area contributed by atoms with Crippen molar-refractivity contribution in [2.24, 2.45) is 0 Å². The summed E-state index contributed by atoms with van der Waals surface area (Å²) in [7, 11) is 0. The molecule has 0 aliphatic heterocycles. The third-order valence-corrected chi connectivity index (χ3v) is 11.6. The molecule has 0 N–H and O–H groups in total. The van der Waals surface area contributed by atoms with Crippen LogP contribution >= 0.6 is 0 Å². The fourth-order valence-electron chi connectivity index (χ4n) is 8.82. The molecule has 0 bridgehead atoms. The standard InChI is InChI=1S/C55H42N2/c1-55(2)50-29-15-14-28-48(50)54-51(55)30-17-31-52(54)56(45-34-32-40(33-35-45)39-18-6-3-7-19-39)46-26-16-27-47(38-46)57(44-24-10-5-11-25-44)53-37-43-23-13-12-22-42(43)36-49(53)41-20-8-4-9-21-41/h3-38H,1-2H3. The molecular weight excluding hydrogens is 689 g/mol. The topological polar surface area (TPSA) is 6.48 Å². The van der Waals surface area contributed by atoms with Gasteiger partial charge in [-0.3, -0.25) is 0 Å². The minimum atomic E-state index is -0.124. The van der Waals surface area contributed by atoms with Crippen LogP contribution in [0.5, 0.6) is 0 Å². The summed E-state index contributed by atoms with van der Waals surface area (Å²) in [5, 5.41) is 2.42. The molecule has 0 saturated carbocycles. The first-order chi connectivity index (χ1) is 28.0. The van der Waals surface area contributed by atoms with Gasteiger partial charge in [0.2, 0.25) is 0 Å². The molecule has 0 amide bonds. The van der Waals surface area contributed by atoms with Crippen molar-refractivity contribution in [1.29, 1.82) is 0 Å². The van der Waals surface area contributed by atoms with Crippen LogP contribution in [0.1, 0.15) is 25.0 Å². The highest BCUT2D eigenvalue weighted by molar-refractivity contribution is 6.00. The zero-order valence-electron chi connectivity index (χ0n) is 32.2. The van der Waals surface area contributed by atoms with E-state index in [2.05, 4.69) is 242 Å². The van der Waals surface area contributed by atoms with Crippen LogP contribution in [0.3, 0.4) is 0 Å². The van der Waals surface area contributed by atoms with Crippen LogP contribution in [0.15, 0.2) is 218 Å². The van der Waals surface area contributed by atoms with Gasteiger partial charge >= 0.3 is 0 Å². The first-order valence-corrected chi connectivity index (χ1v) is 19.8. The molecule has 272 valence electrons. The molecule has 0 saturated heterocycles. The summed E-state index contributed by atoms with van der Waals surface area (Å²) in [4.78, 5) is 4.87. The average molecular weight is 731 g/mol. The molecule has 0 atom stereocenters. The molecule has 1 aliphatic rings. The molecule has 0 radical (unpaired) electrons. The lowest BCUT2D eigenvalue weighted by Gasteiger charge is -2.32. The van der Waals surface area contributed by atoms with Crippen LogP contribution in [-0.2, 0) is 5.41 Å². The van der Waals surface area contributed by atoms with Crippen molar-refractivity contribution in [2.75, 3.05) is 9.80 Å². The molecular formula is C55H42N2. The second-order valence-corrected chi connectivity index (χ2v) is 15.4. The van der Waals surface area contributed by atoms with Crippen LogP contribution in [0.2, 0.25) is 0 Å². The molecule has 9 aromatic carbocycles. The normalized spacial score (nSPS) is 12.5. The first kappa shape index (κ1) is 34.3. The van der Waals surface area contributed by atoms with Gasteiger partial charge in [-0.1, -0.05) is 172 Å². The molecule has 0 fully saturated rings. The van der Waals surface area contributed by atoms with Gasteiger partial charge in [-0.05, 0) is 105 Å². The van der Waals surface area contributed by atoms with Gasteiger partial charge in [0.15, 0.2) is 0 Å². The van der Waals surface area contributed by atoms with Gasteiger partial charge in [-0.15, -0.1) is 0 Å². The van der Waals surface area contributed by atoms with E-state index in [-0.39, 0.29) is 5.41 Å². The number of nitrogens with zero attached hydrogens (tertiary/aromatic N) is 2. The maximum absolute atomic E-state index is 2.46. The van der Waals surface area contributed by atoms with E-state index in [9.17, 15) is 0 Å². The van der Waals surface area contributed by atoms with Gasteiger partial charge in [0.25, 0.3) is 0 Å². The minimum Gasteiger partial charge on any atom is -0.310 e. The van der Waals surface area contributed by atoms with Crippen molar-refractivity contribution in [2.45, 2.75) is 19.3 Å². The van der Waals surface area contributed by atoms with Gasteiger partial charge in [0.1, 0.15) is 0 Å². The first-order valence-electron chi connectivity index (χ1n) is 19.8. The predicted molar refractivity (Wildman–Crippen MR) is 242 cm³/mol. The summed E-state index contributed by atoms with van der Waals surface area (Å²) in [6.45, 7) is 4.71. The second kappa shape index (κ2) is 14.2. The zero-order chi connectivity index (χ0) is 38.3. The summed E-state index contributed by atoms with van der Waals surface area (Å²) in [6.07, 6.45) is 0. The van der Waals surface area contributed by atoms with E-state index < -0.39 is 0 Å². The fourth-order valence-corrected chi connectivity index (χ4v) is 8.82. The highest BCUT2D eigenvalue weighted by Gasteiger charge is 2.37. The number of fused-ring (bicyclic) bond motifs is 4. The Morgan fingerprint density at radius 1 is 0.316 bits per heavy atom. The van der Waals surface area contributed by atoms with Crippen molar-refractivity contribution in [3.05, 3.63) is 230 Å². The second-order valence-electron chi connectivity index (χ2n) is 15.4. The van der Waals surface area contributed by atoms with Crippen molar-refractivity contribution in [3.8, 4) is 33.4 Å². The van der Waals surface area contributed by atoms with E-state index in [0.717, 1.165) is 34.1 Å². The summed E-state index contributed by atoms with van der Waals surface area (Å²) in [5.41, 5.74) is 16.6. The van der Waals surface area contributed by atoms with Crippen molar-refractivity contribution < 1.29 is 0 Å². The van der Waals surface area contributed by atoms with Crippen LogP contribution in [0, 0.1) is 0 Å². The third kappa shape index (κ3) is 6.07. The highest BCUT2D eigenvalue weighted by atomic mass is 15.2. The monoisotopic (exact) mass is 730 g/mol. The lowest BCUT2D eigenvalue weighted by Crippen LogP contribution is -2.16. The van der Waals surface area contributed by atoms with Crippen LogP contribution in [0.4, 0.5) is 34.1 Å². The molecule has 10 rings (SSSR count). The number of rotatable bonds is 8. The van der Waals surface area contributed by atoms with Gasteiger partial charge in [0, 0.05) is 39.3 Å². The van der Waals surface area contributed by atoms with Crippen LogP contribution in [-0.4, -0.2) is 0 Å². The Balaban J connectivity index is 1.20. The van der Waals surface area contributed by atoms with Gasteiger partial charge in [0.05, 0.1) is 11.4 Å². The Hall–Kier alpha value is -7.16. The Labute approximate surface area is 335 Å². The van der Waals surface area contributed by atoms with E-state index in [1.54, 1.807) is 0 Å². The molecule has 2 heteroatoms. The Morgan fingerprint density at radius 2 is 0.807 bits per heavy atom. The zero-order valence-corrected chi connectivity index (χ0v) is 32.2. The quantitative estimate of drug-likeness (QED) is 0.154. The fraction of sp³-hybridized carbons (Fsp3) is 0.0545. The lowest BCUT2D eigenvalue weighted by atomic mass is 9.82. The molecule has 0 unspecified atom stereocenters. The van der Waals surface area contributed by atoms with E-state index in [1.165, 1.54) is 55.3 Å². The number of hydrogen-bond acceptors (Lipinski definition) is 2. The lowest BCUT2D eigenvalue weighted by molar-refractivity contribution is 0.660. The molecule has 9 aromatic rings. The van der Waals surface area contributed by atoms with Crippen molar-refractivity contribution in [1.82, 2.24) is 0 Å². The van der Waals surface area contributed by atoms with E-state index >= 15 is 0 Å². The number of anilines is 6. The van der Waals surface area contributed by atoms with Gasteiger partial charge in [-0.25, -0.2) is 0 Å². The van der Waals surface area contributed by atoms with Crippen LogP contribution < -0.4 is 9.80 Å². The maximum atomic E-state index is 2.46. The summed E-state index contributed by atoms with van der Waals surface area (Å²) in [6, 6.07) is 79.4. The summed E-state index contributed by atoms with van der Waals surface area (Å²) >= 11 is 0. The smallest absolute Gasteiger partial charge is 0.0546 e. The van der Waals surface area contributed by atoms with Crippen molar-refractivity contribution >= 4 is 44.9 Å². The number of para-hydroxylation sites is 1. The minimum absolute atomic E-state index is 0.124. The van der Waals surface area contributed by atoms with Crippen molar-refractivity contribution in [3.63, 3.8) is 0 Å². The Morgan fingerprint density at radius 3 is 1.51 bits per heavy atom. The molecule has 0 aromatic heterocycles. The third-order valence-electron chi connectivity index (χ3n) is 11.6. The van der Waals surface area contributed by atoms with Gasteiger partial charge < -0.3 is 9.80 Å². The molecule has 2 nitrogen and oxygen atoms in total. The predicted octanol–water partition coefficient (Wildman–Crippen LogP) is 15.4. The number of hydrogen-bond donors (Lipinski definition) is 0. The highest BCUT2D eigenvalue weighted by Crippen LogP contribution is 2.54. The van der Waals surface area contributed by atoms with E-state index in [4.69, 9.17) is 0 Å². The largest absolute Gasteiger partial charge is 0.310 e. The maximum Gasteiger partial charge on any atom is 0.0546 e. The molecule has 1 aliphatic carbocycles. The number of benzene rings is 9. The van der Waals surface area contributed by atoms with Crippen LogP contribution in [0.25, 0.3) is 44.2 Å². The summed E-state index contributed by atoms with van der Waals surface area (Å²) < 4.78 is 0.